The molecule has 0 spiro atoms. The number of anilines is 1. The number of hydrogen-bond donors (Lipinski definition) is 1. The van der Waals surface area contributed by atoms with Crippen LogP contribution in [-0.2, 0) is 11.2 Å². The van der Waals surface area contributed by atoms with Crippen molar-refractivity contribution in [3.05, 3.63) is 35.5 Å². The quantitative estimate of drug-likeness (QED) is 0.669. The Morgan fingerprint density at radius 1 is 1.13 bits per heavy atom. The third kappa shape index (κ3) is 4.14. The van der Waals surface area contributed by atoms with Crippen molar-refractivity contribution in [3.63, 3.8) is 0 Å². The van der Waals surface area contributed by atoms with E-state index >= 15 is 0 Å². The van der Waals surface area contributed by atoms with Gasteiger partial charge in [0.1, 0.15) is 17.2 Å². The summed E-state index contributed by atoms with van der Waals surface area (Å²) in [5, 5.41) is 8.60. The number of benzene rings is 1. The van der Waals surface area contributed by atoms with Crippen LogP contribution in [-0.4, -0.2) is 53.5 Å². The van der Waals surface area contributed by atoms with E-state index in [9.17, 15) is 4.39 Å². The van der Waals surface area contributed by atoms with Gasteiger partial charge in [-0.3, -0.25) is 0 Å². The molecule has 7 nitrogen and oxygen atoms in total. The van der Waals surface area contributed by atoms with Crippen molar-refractivity contribution in [1.29, 1.82) is 0 Å². The maximum Gasteiger partial charge on any atom is 0.223 e. The lowest BCUT2D eigenvalue weighted by atomic mass is 10.0. The number of hydrogen-bond acceptors (Lipinski definition) is 7. The first-order valence-corrected chi connectivity index (χ1v) is 11.1. The number of pyridine rings is 1. The largest absolute Gasteiger partial charge is 0.380 e. The number of ether oxygens (including phenoxy) is 1. The standard InChI is InChI=1S/C23H28FN5O2/c1-3-15-10-16-12-19(22-25-14(2)31-28-22)23(27-21(16)20(24)11-15)29-7-4-17(5-8-29)26-18-6-9-30-13-18/h10-12,17-18,26H,3-9,13H2,1-2H3/t18-/m0/s1. The number of aryl methyl sites for hydroxylation is 2. The van der Waals surface area contributed by atoms with Crippen molar-refractivity contribution in [2.45, 2.75) is 51.6 Å². The number of nitrogens with zero attached hydrogens (tertiary/aromatic N) is 4. The highest BCUT2D eigenvalue weighted by Gasteiger charge is 2.27. The van der Waals surface area contributed by atoms with Gasteiger partial charge >= 0.3 is 0 Å². The molecule has 2 aromatic heterocycles. The van der Waals surface area contributed by atoms with E-state index < -0.39 is 0 Å². The molecule has 164 valence electrons. The molecule has 2 fully saturated rings. The lowest BCUT2D eigenvalue weighted by Crippen LogP contribution is -2.46. The van der Waals surface area contributed by atoms with E-state index in [-0.39, 0.29) is 5.82 Å². The minimum atomic E-state index is -0.288. The van der Waals surface area contributed by atoms with Crippen LogP contribution in [0.5, 0.6) is 0 Å². The maximum absolute atomic E-state index is 14.9. The first-order valence-electron chi connectivity index (χ1n) is 11.1. The second-order valence-electron chi connectivity index (χ2n) is 8.49. The van der Waals surface area contributed by atoms with Crippen LogP contribution in [0.4, 0.5) is 10.2 Å². The Bertz CT molecular complexity index is 1070. The molecule has 8 heteroatoms. The van der Waals surface area contributed by atoms with E-state index in [1.54, 1.807) is 13.0 Å². The van der Waals surface area contributed by atoms with Crippen LogP contribution in [0, 0.1) is 12.7 Å². The Morgan fingerprint density at radius 2 is 1.97 bits per heavy atom. The Labute approximate surface area is 181 Å². The van der Waals surface area contributed by atoms with Gasteiger partial charge in [-0.25, -0.2) is 9.37 Å². The molecular weight excluding hydrogens is 397 g/mol. The second-order valence-corrected chi connectivity index (χ2v) is 8.49. The van der Waals surface area contributed by atoms with Crippen LogP contribution in [0.2, 0.25) is 0 Å². The molecule has 31 heavy (non-hydrogen) atoms. The Kier molecular flexibility index (Phi) is 5.58. The van der Waals surface area contributed by atoms with Crippen molar-refractivity contribution >= 4 is 16.7 Å². The van der Waals surface area contributed by atoms with E-state index in [0.717, 1.165) is 74.3 Å². The molecule has 0 radical (unpaired) electrons. The number of halogens is 1. The highest BCUT2D eigenvalue weighted by atomic mass is 19.1. The third-order valence-corrected chi connectivity index (χ3v) is 6.28. The Morgan fingerprint density at radius 3 is 2.65 bits per heavy atom. The van der Waals surface area contributed by atoms with Crippen LogP contribution >= 0.6 is 0 Å². The summed E-state index contributed by atoms with van der Waals surface area (Å²) in [6.07, 6.45) is 3.83. The molecule has 0 unspecified atom stereocenters. The normalized spacial score (nSPS) is 20.1. The minimum Gasteiger partial charge on any atom is -0.380 e. The van der Waals surface area contributed by atoms with E-state index in [0.29, 0.717) is 29.3 Å². The molecule has 0 amide bonds. The molecule has 0 aliphatic carbocycles. The molecule has 1 atom stereocenters. The predicted molar refractivity (Wildman–Crippen MR) is 117 cm³/mol. The van der Waals surface area contributed by atoms with Gasteiger partial charge in [-0.15, -0.1) is 0 Å². The van der Waals surface area contributed by atoms with Crippen molar-refractivity contribution in [2.75, 3.05) is 31.2 Å². The first kappa shape index (κ1) is 20.3. The summed E-state index contributed by atoms with van der Waals surface area (Å²) in [6, 6.07) is 6.44. The van der Waals surface area contributed by atoms with Crippen LogP contribution in [0.25, 0.3) is 22.3 Å². The second kappa shape index (κ2) is 8.51. The zero-order valence-corrected chi connectivity index (χ0v) is 18.0. The fraction of sp³-hybridized carbons (Fsp3) is 0.522. The Hall–Kier alpha value is -2.58. The summed E-state index contributed by atoms with van der Waals surface area (Å²) < 4.78 is 25.6. The van der Waals surface area contributed by atoms with Gasteiger partial charge in [-0.1, -0.05) is 12.1 Å². The molecule has 1 N–H and O–H groups in total. The fourth-order valence-electron chi connectivity index (χ4n) is 4.57. The third-order valence-electron chi connectivity index (χ3n) is 6.28. The van der Waals surface area contributed by atoms with Gasteiger partial charge in [0.05, 0.1) is 12.2 Å². The first-order chi connectivity index (χ1) is 15.1. The fourth-order valence-corrected chi connectivity index (χ4v) is 4.57. The number of piperidine rings is 1. The van der Waals surface area contributed by atoms with Gasteiger partial charge in [-0.2, -0.15) is 4.98 Å². The average Bonchev–Trinajstić information content (AvgIpc) is 3.45. The zero-order valence-electron chi connectivity index (χ0n) is 18.0. The average molecular weight is 426 g/mol. The molecule has 0 saturated carbocycles. The molecule has 4 heterocycles. The summed E-state index contributed by atoms with van der Waals surface area (Å²) in [7, 11) is 0. The highest BCUT2D eigenvalue weighted by molar-refractivity contribution is 5.89. The zero-order chi connectivity index (χ0) is 21.4. The number of fused-ring (bicyclic) bond motifs is 1. The van der Waals surface area contributed by atoms with Crippen LogP contribution < -0.4 is 10.2 Å². The lowest BCUT2D eigenvalue weighted by molar-refractivity contribution is 0.186. The summed E-state index contributed by atoms with van der Waals surface area (Å²) in [5.41, 5.74) is 2.12. The number of aromatic nitrogens is 3. The molecule has 2 aliphatic heterocycles. The topological polar surface area (TPSA) is 76.3 Å². The van der Waals surface area contributed by atoms with E-state index in [2.05, 4.69) is 20.4 Å². The van der Waals surface area contributed by atoms with E-state index in [1.807, 2.05) is 19.1 Å². The minimum absolute atomic E-state index is 0.288. The summed E-state index contributed by atoms with van der Waals surface area (Å²) in [6.45, 7) is 7.10. The smallest absolute Gasteiger partial charge is 0.223 e. The monoisotopic (exact) mass is 425 g/mol. The van der Waals surface area contributed by atoms with Crippen molar-refractivity contribution in [3.8, 4) is 11.4 Å². The van der Waals surface area contributed by atoms with Gasteiger partial charge in [-0.05, 0) is 49.4 Å². The number of nitrogens with one attached hydrogen (secondary N) is 1. The van der Waals surface area contributed by atoms with Crippen molar-refractivity contribution < 1.29 is 13.7 Å². The molecule has 3 aromatic rings. The molecule has 2 saturated heterocycles. The maximum atomic E-state index is 14.9. The molecule has 5 rings (SSSR count). The summed E-state index contributed by atoms with van der Waals surface area (Å²) >= 11 is 0. The van der Waals surface area contributed by atoms with Crippen LogP contribution in [0.15, 0.2) is 22.7 Å². The molecule has 1 aromatic carbocycles. The van der Waals surface area contributed by atoms with Gasteiger partial charge in [0.25, 0.3) is 0 Å². The SMILES string of the molecule is CCc1cc(F)c2nc(N3CCC(N[C@H]4CCOC4)CC3)c(-c3noc(C)n3)cc2c1. The molecular formula is C23H28FN5O2. The summed E-state index contributed by atoms with van der Waals surface area (Å²) in [5.74, 6) is 1.42. The molecule has 0 bridgehead atoms. The lowest BCUT2D eigenvalue weighted by Gasteiger charge is -2.35. The highest BCUT2D eigenvalue weighted by Crippen LogP contribution is 2.34. The predicted octanol–water partition coefficient (Wildman–Crippen LogP) is 3.64. The van der Waals surface area contributed by atoms with Gasteiger partial charge in [0, 0.05) is 44.1 Å². The van der Waals surface area contributed by atoms with Crippen molar-refractivity contribution in [1.82, 2.24) is 20.4 Å². The summed E-state index contributed by atoms with van der Waals surface area (Å²) in [4.78, 5) is 11.4. The molecule has 2 aliphatic rings. The van der Waals surface area contributed by atoms with Crippen molar-refractivity contribution in [2.24, 2.45) is 0 Å². The Balaban J connectivity index is 1.47. The van der Waals surface area contributed by atoms with Gasteiger partial charge < -0.3 is 19.5 Å². The van der Waals surface area contributed by atoms with E-state index in [4.69, 9.17) is 14.2 Å². The van der Waals surface area contributed by atoms with Crippen LogP contribution in [0.1, 0.15) is 37.6 Å². The van der Waals surface area contributed by atoms with E-state index in [1.165, 1.54) is 0 Å². The van der Waals surface area contributed by atoms with Crippen LogP contribution in [0.3, 0.4) is 0 Å². The van der Waals surface area contributed by atoms with Gasteiger partial charge in [0.2, 0.25) is 11.7 Å². The number of rotatable bonds is 5. The van der Waals surface area contributed by atoms with Gasteiger partial charge in [0.15, 0.2) is 0 Å².